The van der Waals surface area contributed by atoms with Gasteiger partial charge in [-0.25, -0.2) is 13.2 Å². The van der Waals surface area contributed by atoms with E-state index in [1.165, 1.54) is 0 Å². The molecule has 1 N–H and O–H groups in total. The van der Waals surface area contributed by atoms with Gasteiger partial charge in [0.15, 0.2) is 9.84 Å². The quantitative estimate of drug-likeness (QED) is 0.899. The average molecular weight is 311 g/mol. The van der Waals surface area contributed by atoms with Crippen molar-refractivity contribution in [3.05, 3.63) is 29.3 Å². The summed E-state index contributed by atoms with van der Waals surface area (Å²) in [4.78, 5) is 13.3. The van der Waals surface area contributed by atoms with Gasteiger partial charge in [0, 0.05) is 18.8 Å². The van der Waals surface area contributed by atoms with Crippen LogP contribution < -0.4 is 4.90 Å². The molecular weight excluding hydrogens is 290 g/mol. The van der Waals surface area contributed by atoms with Crippen LogP contribution in [0.25, 0.3) is 0 Å². The van der Waals surface area contributed by atoms with Crippen LogP contribution in [-0.2, 0) is 16.3 Å². The third kappa shape index (κ3) is 3.37. The topological polar surface area (TPSA) is 74.7 Å². The minimum Gasteiger partial charge on any atom is -0.478 e. The van der Waals surface area contributed by atoms with Crippen LogP contribution in [0.3, 0.4) is 0 Å². The molecule has 0 unspecified atom stereocenters. The average Bonchev–Trinajstić information content (AvgIpc) is 2.44. The molecule has 116 valence electrons. The number of benzene rings is 1. The van der Waals surface area contributed by atoms with E-state index < -0.39 is 15.8 Å². The van der Waals surface area contributed by atoms with E-state index in [1.54, 1.807) is 26.0 Å². The molecule has 0 fully saturated rings. The first-order valence-electron chi connectivity index (χ1n) is 7.14. The predicted octanol–water partition coefficient (Wildman–Crippen LogP) is 1.96. The molecule has 0 radical (unpaired) electrons. The number of carboxylic acid groups (broad SMARTS) is 1. The van der Waals surface area contributed by atoms with Crippen molar-refractivity contribution >= 4 is 21.5 Å². The molecule has 5 nitrogen and oxygen atoms in total. The number of carbonyl (C=O) groups is 1. The highest BCUT2D eigenvalue weighted by atomic mass is 32.2. The Balaban J connectivity index is 2.23. The second-order valence-electron chi connectivity index (χ2n) is 5.61. The van der Waals surface area contributed by atoms with Crippen LogP contribution in [0.2, 0.25) is 0 Å². The number of fused-ring (bicyclic) bond motifs is 1. The highest BCUT2D eigenvalue weighted by Gasteiger charge is 2.24. The van der Waals surface area contributed by atoms with E-state index in [0.717, 1.165) is 30.6 Å². The monoisotopic (exact) mass is 311 g/mol. The van der Waals surface area contributed by atoms with Gasteiger partial charge >= 0.3 is 5.97 Å². The molecule has 0 bridgehead atoms. The lowest BCUT2D eigenvalue weighted by Crippen LogP contribution is -2.35. The maximum absolute atomic E-state index is 11.9. The van der Waals surface area contributed by atoms with Crippen LogP contribution >= 0.6 is 0 Å². The van der Waals surface area contributed by atoms with E-state index in [-0.39, 0.29) is 11.0 Å². The van der Waals surface area contributed by atoms with E-state index in [0.29, 0.717) is 12.1 Å². The van der Waals surface area contributed by atoms with Crippen LogP contribution in [-0.4, -0.2) is 43.6 Å². The van der Waals surface area contributed by atoms with Crippen LogP contribution in [0.4, 0.5) is 5.69 Å². The third-order valence-electron chi connectivity index (χ3n) is 3.94. The first kappa shape index (κ1) is 15.8. The molecule has 0 amide bonds. The lowest BCUT2D eigenvalue weighted by atomic mass is 9.96. The second-order valence-corrected chi connectivity index (χ2v) is 8.29. The minimum atomic E-state index is -3.08. The lowest BCUT2D eigenvalue weighted by Gasteiger charge is -2.32. The fourth-order valence-electron chi connectivity index (χ4n) is 2.61. The fraction of sp³-hybridized carbons (Fsp3) is 0.533. The number of sulfone groups is 1. The molecule has 0 atom stereocenters. The number of carboxylic acids is 1. The standard InChI is InChI=1S/C15H21NO4S/c1-11(2)21(19,20)10-9-16-8-4-6-12-13(15(17)18)5-3-7-14(12)16/h3,5,7,11H,4,6,8-10H2,1-2H3,(H,17,18). The van der Waals surface area contributed by atoms with Crippen molar-refractivity contribution in [2.45, 2.75) is 31.9 Å². The summed E-state index contributed by atoms with van der Waals surface area (Å²) >= 11 is 0. The van der Waals surface area contributed by atoms with Crippen LogP contribution in [0, 0.1) is 0 Å². The van der Waals surface area contributed by atoms with Crippen LogP contribution in [0.1, 0.15) is 36.2 Å². The van der Waals surface area contributed by atoms with Crippen molar-refractivity contribution in [2.75, 3.05) is 23.7 Å². The van der Waals surface area contributed by atoms with Gasteiger partial charge in [-0.2, -0.15) is 0 Å². The molecule has 1 aromatic rings. The Morgan fingerprint density at radius 2 is 2.10 bits per heavy atom. The number of rotatable bonds is 5. The van der Waals surface area contributed by atoms with Gasteiger partial charge in [0.05, 0.1) is 16.6 Å². The molecule has 0 saturated heterocycles. The summed E-state index contributed by atoms with van der Waals surface area (Å²) in [5.74, 6) is -0.829. The summed E-state index contributed by atoms with van der Waals surface area (Å²) in [5.41, 5.74) is 2.00. The Morgan fingerprint density at radius 1 is 1.38 bits per heavy atom. The molecule has 0 aromatic heterocycles. The Bertz CT molecular complexity index is 637. The Morgan fingerprint density at radius 3 is 2.71 bits per heavy atom. The number of nitrogens with zero attached hydrogens (tertiary/aromatic N) is 1. The third-order valence-corrected chi connectivity index (χ3v) is 6.13. The van der Waals surface area contributed by atoms with Crippen molar-refractivity contribution in [1.82, 2.24) is 0 Å². The van der Waals surface area contributed by atoms with Gasteiger partial charge in [-0.1, -0.05) is 6.07 Å². The second kappa shape index (κ2) is 6.05. The van der Waals surface area contributed by atoms with Crippen molar-refractivity contribution in [3.8, 4) is 0 Å². The van der Waals surface area contributed by atoms with Gasteiger partial charge < -0.3 is 10.0 Å². The van der Waals surface area contributed by atoms with E-state index in [1.807, 2.05) is 11.0 Å². The highest BCUT2D eigenvalue weighted by molar-refractivity contribution is 7.92. The first-order valence-corrected chi connectivity index (χ1v) is 8.86. The first-order chi connectivity index (χ1) is 9.83. The minimum absolute atomic E-state index is 0.0986. The van der Waals surface area contributed by atoms with Gasteiger partial charge in [0.2, 0.25) is 0 Å². The van der Waals surface area contributed by atoms with Gasteiger partial charge in [-0.05, 0) is 44.4 Å². The van der Waals surface area contributed by atoms with Gasteiger partial charge in [-0.15, -0.1) is 0 Å². The maximum Gasteiger partial charge on any atom is 0.336 e. The maximum atomic E-state index is 11.9. The number of hydrogen-bond donors (Lipinski definition) is 1. The molecule has 0 saturated carbocycles. The largest absolute Gasteiger partial charge is 0.478 e. The zero-order valence-corrected chi connectivity index (χ0v) is 13.2. The molecular formula is C15H21NO4S. The summed E-state index contributed by atoms with van der Waals surface area (Å²) in [7, 11) is -3.08. The summed E-state index contributed by atoms with van der Waals surface area (Å²) in [6, 6.07) is 5.20. The fourth-order valence-corrected chi connectivity index (χ4v) is 3.55. The van der Waals surface area contributed by atoms with E-state index in [2.05, 4.69) is 0 Å². The molecule has 1 aliphatic heterocycles. The van der Waals surface area contributed by atoms with Crippen molar-refractivity contribution in [2.24, 2.45) is 0 Å². The van der Waals surface area contributed by atoms with E-state index in [9.17, 15) is 18.3 Å². The molecule has 6 heteroatoms. The zero-order valence-electron chi connectivity index (χ0n) is 12.4. The van der Waals surface area contributed by atoms with Gasteiger partial charge in [0.25, 0.3) is 0 Å². The molecule has 0 spiro atoms. The van der Waals surface area contributed by atoms with Gasteiger partial charge in [0.1, 0.15) is 0 Å². The Labute approximate surface area is 125 Å². The van der Waals surface area contributed by atoms with Crippen molar-refractivity contribution in [3.63, 3.8) is 0 Å². The van der Waals surface area contributed by atoms with E-state index in [4.69, 9.17) is 0 Å². The van der Waals surface area contributed by atoms with Crippen molar-refractivity contribution in [1.29, 1.82) is 0 Å². The summed E-state index contributed by atoms with van der Waals surface area (Å²) < 4.78 is 23.9. The SMILES string of the molecule is CC(C)S(=O)(=O)CCN1CCCc2c(C(=O)O)cccc21. The number of anilines is 1. The lowest BCUT2D eigenvalue weighted by molar-refractivity contribution is 0.0695. The predicted molar refractivity (Wildman–Crippen MR) is 82.9 cm³/mol. The Kier molecular flexibility index (Phi) is 4.56. The summed E-state index contributed by atoms with van der Waals surface area (Å²) in [5, 5.41) is 8.86. The molecule has 2 rings (SSSR count). The smallest absolute Gasteiger partial charge is 0.336 e. The summed E-state index contributed by atoms with van der Waals surface area (Å²) in [6.45, 7) is 4.55. The summed E-state index contributed by atoms with van der Waals surface area (Å²) in [6.07, 6.45) is 1.57. The molecule has 1 aromatic carbocycles. The number of aromatic carboxylic acids is 1. The number of hydrogen-bond acceptors (Lipinski definition) is 4. The molecule has 1 heterocycles. The highest BCUT2D eigenvalue weighted by Crippen LogP contribution is 2.29. The Hall–Kier alpha value is -1.56. The van der Waals surface area contributed by atoms with Crippen molar-refractivity contribution < 1.29 is 18.3 Å². The molecule has 1 aliphatic rings. The normalized spacial score (nSPS) is 15.1. The molecule has 21 heavy (non-hydrogen) atoms. The van der Waals surface area contributed by atoms with Gasteiger partial charge in [-0.3, -0.25) is 0 Å². The molecule has 0 aliphatic carbocycles. The van der Waals surface area contributed by atoms with Crippen LogP contribution in [0.5, 0.6) is 0 Å². The van der Waals surface area contributed by atoms with Crippen LogP contribution in [0.15, 0.2) is 18.2 Å². The zero-order chi connectivity index (χ0) is 15.6. The van der Waals surface area contributed by atoms with E-state index >= 15 is 0 Å².